The van der Waals surface area contributed by atoms with Crippen LogP contribution in [0.3, 0.4) is 0 Å². The van der Waals surface area contributed by atoms with Gasteiger partial charge in [0.2, 0.25) is 0 Å². The molecule has 6 heteroatoms. The van der Waals surface area contributed by atoms with Crippen LogP contribution in [0, 0.1) is 0 Å². The number of hydrogen-bond acceptors (Lipinski definition) is 2. The van der Waals surface area contributed by atoms with Gasteiger partial charge in [0, 0.05) is 29.5 Å². The standard InChI is InChI=1S/C12H10Cl2N2O2/c13-8-1-2-9(10(14)7-8)12-15-4-6-16(12)5-3-11(17)18/h1-2,4,6-7H,3,5H2,(H,17,18). The molecule has 0 radical (unpaired) electrons. The van der Waals surface area contributed by atoms with Crippen LogP contribution >= 0.6 is 23.2 Å². The number of imidazole rings is 1. The van der Waals surface area contributed by atoms with E-state index in [1.54, 1.807) is 35.2 Å². The lowest BCUT2D eigenvalue weighted by Gasteiger charge is -2.08. The van der Waals surface area contributed by atoms with Crippen LogP contribution in [0.2, 0.25) is 10.0 Å². The van der Waals surface area contributed by atoms with E-state index in [4.69, 9.17) is 28.3 Å². The summed E-state index contributed by atoms with van der Waals surface area (Å²) in [6, 6.07) is 5.12. The fourth-order valence-corrected chi connectivity index (χ4v) is 2.11. The second-order valence-electron chi connectivity index (χ2n) is 3.71. The molecule has 18 heavy (non-hydrogen) atoms. The molecule has 0 bridgehead atoms. The van der Waals surface area contributed by atoms with Crippen LogP contribution in [0.25, 0.3) is 11.4 Å². The van der Waals surface area contributed by atoms with E-state index in [1.165, 1.54) is 0 Å². The van der Waals surface area contributed by atoms with Gasteiger partial charge in [-0.3, -0.25) is 4.79 Å². The topological polar surface area (TPSA) is 55.1 Å². The number of aryl methyl sites for hydroxylation is 1. The van der Waals surface area contributed by atoms with Crippen molar-refractivity contribution in [2.24, 2.45) is 0 Å². The van der Waals surface area contributed by atoms with Gasteiger partial charge in [-0.05, 0) is 18.2 Å². The number of carboxylic acids is 1. The normalized spacial score (nSPS) is 10.6. The van der Waals surface area contributed by atoms with Gasteiger partial charge in [-0.15, -0.1) is 0 Å². The second kappa shape index (κ2) is 5.42. The Morgan fingerprint density at radius 2 is 2.17 bits per heavy atom. The average Bonchev–Trinajstić information content (AvgIpc) is 2.74. The molecule has 0 aliphatic heterocycles. The maximum Gasteiger partial charge on any atom is 0.305 e. The Morgan fingerprint density at radius 1 is 1.39 bits per heavy atom. The largest absolute Gasteiger partial charge is 0.481 e. The summed E-state index contributed by atoms with van der Waals surface area (Å²) in [5, 5.41) is 9.73. The SMILES string of the molecule is O=C(O)CCn1ccnc1-c1ccc(Cl)cc1Cl. The minimum Gasteiger partial charge on any atom is -0.481 e. The van der Waals surface area contributed by atoms with Crippen molar-refractivity contribution in [3.8, 4) is 11.4 Å². The molecule has 1 heterocycles. The Morgan fingerprint density at radius 3 is 2.83 bits per heavy atom. The summed E-state index contributed by atoms with van der Waals surface area (Å²) in [6.07, 6.45) is 3.37. The molecule has 94 valence electrons. The first-order chi connectivity index (χ1) is 8.58. The van der Waals surface area contributed by atoms with Gasteiger partial charge < -0.3 is 9.67 Å². The number of halogens is 2. The van der Waals surface area contributed by atoms with Crippen molar-refractivity contribution in [1.82, 2.24) is 9.55 Å². The molecule has 0 spiro atoms. The fourth-order valence-electron chi connectivity index (χ4n) is 1.62. The summed E-state index contributed by atoms with van der Waals surface area (Å²) in [4.78, 5) is 14.8. The number of nitrogens with zero attached hydrogens (tertiary/aromatic N) is 2. The van der Waals surface area contributed by atoms with E-state index in [1.807, 2.05) is 0 Å². The molecule has 2 rings (SSSR count). The van der Waals surface area contributed by atoms with Crippen LogP contribution in [0.15, 0.2) is 30.6 Å². The van der Waals surface area contributed by atoms with Crippen molar-refractivity contribution in [2.75, 3.05) is 0 Å². The third-order valence-corrected chi connectivity index (χ3v) is 3.00. The van der Waals surface area contributed by atoms with Gasteiger partial charge in [-0.25, -0.2) is 4.98 Å². The first-order valence-electron chi connectivity index (χ1n) is 5.26. The van der Waals surface area contributed by atoms with Crippen LogP contribution in [-0.2, 0) is 11.3 Å². The Balaban J connectivity index is 2.33. The van der Waals surface area contributed by atoms with Crippen molar-refractivity contribution in [1.29, 1.82) is 0 Å². The molecule has 0 fully saturated rings. The third kappa shape index (κ3) is 2.83. The quantitative estimate of drug-likeness (QED) is 0.937. The predicted octanol–water partition coefficient (Wildman–Crippen LogP) is 3.33. The average molecular weight is 285 g/mol. The highest BCUT2D eigenvalue weighted by atomic mass is 35.5. The molecule has 0 atom stereocenters. The number of carboxylic acid groups (broad SMARTS) is 1. The Hall–Kier alpha value is -1.52. The zero-order valence-corrected chi connectivity index (χ0v) is 10.8. The van der Waals surface area contributed by atoms with E-state index >= 15 is 0 Å². The van der Waals surface area contributed by atoms with E-state index in [9.17, 15) is 4.79 Å². The highest BCUT2D eigenvalue weighted by molar-refractivity contribution is 6.36. The van der Waals surface area contributed by atoms with Crippen molar-refractivity contribution >= 4 is 29.2 Å². The highest BCUT2D eigenvalue weighted by Crippen LogP contribution is 2.29. The van der Waals surface area contributed by atoms with Crippen molar-refractivity contribution < 1.29 is 9.90 Å². The zero-order chi connectivity index (χ0) is 13.1. The van der Waals surface area contributed by atoms with Crippen molar-refractivity contribution in [2.45, 2.75) is 13.0 Å². The van der Waals surface area contributed by atoms with Gasteiger partial charge in [0.1, 0.15) is 5.82 Å². The van der Waals surface area contributed by atoms with Crippen LogP contribution < -0.4 is 0 Å². The summed E-state index contributed by atoms with van der Waals surface area (Å²) in [5.41, 5.74) is 0.733. The van der Waals surface area contributed by atoms with Gasteiger partial charge in [0.05, 0.1) is 11.4 Å². The predicted molar refractivity (Wildman–Crippen MR) is 69.9 cm³/mol. The molecular formula is C12H10Cl2N2O2. The van der Waals surface area contributed by atoms with E-state index < -0.39 is 5.97 Å². The Labute approximate surface area is 114 Å². The van der Waals surface area contributed by atoms with Gasteiger partial charge in [0.25, 0.3) is 0 Å². The number of carbonyl (C=O) groups is 1. The van der Waals surface area contributed by atoms with Gasteiger partial charge in [-0.2, -0.15) is 0 Å². The summed E-state index contributed by atoms with van der Waals surface area (Å²) >= 11 is 11.9. The molecular weight excluding hydrogens is 275 g/mol. The minimum atomic E-state index is -0.850. The number of rotatable bonds is 4. The molecule has 0 unspecified atom stereocenters. The summed E-state index contributed by atoms with van der Waals surface area (Å²) in [6.45, 7) is 0.351. The smallest absolute Gasteiger partial charge is 0.305 e. The minimum absolute atomic E-state index is 0.0363. The molecule has 0 amide bonds. The van der Waals surface area contributed by atoms with E-state index in [0.717, 1.165) is 5.56 Å². The maximum atomic E-state index is 10.6. The number of benzene rings is 1. The second-order valence-corrected chi connectivity index (χ2v) is 4.56. The number of hydrogen-bond donors (Lipinski definition) is 1. The summed E-state index contributed by atoms with van der Waals surface area (Å²) < 4.78 is 1.75. The first-order valence-corrected chi connectivity index (χ1v) is 6.02. The fraction of sp³-hybridized carbons (Fsp3) is 0.167. The summed E-state index contributed by atoms with van der Waals surface area (Å²) in [7, 11) is 0. The molecule has 0 aliphatic carbocycles. The third-order valence-electron chi connectivity index (χ3n) is 2.45. The molecule has 2 aromatic rings. The number of aliphatic carboxylic acids is 1. The lowest BCUT2D eigenvalue weighted by Crippen LogP contribution is -2.05. The Bertz CT molecular complexity index is 581. The maximum absolute atomic E-state index is 10.6. The molecule has 1 N–H and O–H groups in total. The molecule has 0 saturated heterocycles. The molecule has 0 saturated carbocycles. The molecule has 0 aliphatic rings. The lowest BCUT2D eigenvalue weighted by molar-refractivity contribution is -0.137. The lowest BCUT2D eigenvalue weighted by atomic mass is 10.2. The van der Waals surface area contributed by atoms with E-state index in [-0.39, 0.29) is 6.42 Å². The zero-order valence-electron chi connectivity index (χ0n) is 9.31. The molecule has 1 aromatic carbocycles. The highest BCUT2D eigenvalue weighted by Gasteiger charge is 2.11. The Kier molecular flexibility index (Phi) is 3.89. The van der Waals surface area contributed by atoms with Gasteiger partial charge >= 0.3 is 5.97 Å². The van der Waals surface area contributed by atoms with E-state index in [2.05, 4.69) is 4.98 Å². The van der Waals surface area contributed by atoms with Crippen LogP contribution in [0.1, 0.15) is 6.42 Å². The molecule has 1 aromatic heterocycles. The van der Waals surface area contributed by atoms with Crippen molar-refractivity contribution in [3.05, 3.63) is 40.6 Å². The monoisotopic (exact) mass is 284 g/mol. The summed E-state index contributed by atoms with van der Waals surface area (Å²) in [5.74, 6) is -0.213. The van der Waals surface area contributed by atoms with Gasteiger partial charge in [0.15, 0.2) is 0 Å². The number of aromatic nitrogens is 2. The van der Waals surface area contributed by atoms with Crippen LogP contribution in [0.4, 0.5) is 0 Å². The van der Waals surface area contributed by atoms with E-state index in [0.29, 0.717) is 22.4 Å². The molecule has 4 nitrogen and oxygen atoms in total. The van der Waals surface area contributed by atoms with Crippen molar-refractivity contribution in [3.63, 3.8) is 0 Å². The van der Waals surface area contributed by atoms with Crippen LogP contribution in [0.5, 0.6) is 0 Å². The van der Waals surface area contributed by atoms with Gasteiger partial charge in [-0.1, -0.05) is 23.2 Å². The van der Waals surface area contributed by atoms with Crippen LogP contribution in [-0.4, -0.2) is 20.6 Å². The first kappa shape index (κ1) is 12.9.